The van der Waals surface area contributed by atoms with Crippen LogP contribution in [0, 0.1) is 0 Å². The molecule has 0 spiro atoms. The van der Waals surface area contributed by atoms with E-state index in [0.717, 1.165) is 22.1 Å². The standard InChI is InChI=1S/C25H19N9O/c35-23(21-11-9-15(13-26-21)28-24-30-17-5-1-2-6-18(17)31-24)34-22-12-10-16(14-27-22)29-25-32-19-7-3-4-8-20(19)33-25/h1-14H,(H,27,34,35)(H2,28,30,31)(H2,29,32,33). The molecule has 0 atom stereocenters. The molecule has 1 amide bonds. The minimum Gasteiger partial charge on any atom is -0.324 e. The monoisotopic (exact) mass is 461 g/mol. The van der Waals surface area contributed by atoms with Crippen molar-refractivity contribution < 1.29 is 4.79 Å². The van der Waals surface area contributed by atoms with Crippen molar-refractivity contribution in [2.75, 3.05) is 5.32 Å². The summed E-state index contributed by atoms with van der Waals surface area (Å²) in [5.74, 6) is 0.0349. The van der Waals surface area contributed by atoms with Gasteiger partial charge in [0.25, 0.3) is 5.91 Å². The van der Waals surface area contributed by atoms with Crippen molar-refractivity contribution in [3.8, 4) is 0 Å². The minimum atomic E-state index is -0.366. The Bertz CT molecular complexity index is 1710. The van der Waals surface area contributed by atoms with Crippen LogP contribution in [0.1, 0.15) is 10.5 Å². The van der Waals surface area contributed by atoms with Gasteiger partial charge in [0.1, 0.15) is 11.5 Å². The molecule has 10 nitrogen and oxygen atoms in total. The number of hydrogen-bond acceptors (Lipinski definition) is 5. The van der Waals surface area contributed by atoms with Gasteiger partial charge in [-0.25, -0.2) is 20.0 Å². The molecular weight excluding hydrogens is 442 g/mol. The van der Waals surface area contributed by atoms with E-state index in [2.05, 4.69) is 45.2 Å². The lowest BCUT2D eigenvalue weighted by Gasteiger charge is -2.04. The van der Waals surface area contributed by atoms with Gasteiger partial charge in [-0.1, -0.05) is 24.3 Å². The number of nitrogens with zero attached hydrogens (tertiary/aromatic N) is 4. The van der Waals surface area contributed by atoms with E-state index in [1.807, 2.05) is 48.5 Å². The van der Waals surface area contributed by atoms with Crippen molar-refractivity contribution in [3.05, 3.63) is 102 Å². The molecule has 35 heavy (non-hydrogen) atoms. The maximum atomic E-state index is 12.6. The average molecular weight is 461 g/mol. The highest BCUT2D eigenvalue weighted by molar-refractivity contribution is 6.02. The first kappa shape index (κ1) is 20.4. The van der Waals surface area contributed by atoms with E-state index < -0.39 is 0 Å². The Morgan fingerprint density at radius 2 is 1.11 bits per heavy atom. The van der Waals surface area contributed by atoms with Crippen molar-refractivity contribution in [2.24, 2.45) is 9.98 Å². The maximum Gasteiger partial charge on any atom is 0.275 e. The summed E-state index contributed by atoms with van der Waals surface area (Å²) in [6.45, 7) is 0. The van der Waals surface area contributed by atoms with Gasteiger partial charge in [0.15, 0.2) is 0 Å². The lowest BCUT2D eigenvalue weighted by molar-refractivity contribution is 0.102. The van der Waals surface area contributed by atoms with Crippen LogP contribution in [0.3, 0.4) is 0 Å². The zero-order valence-corrected chi connectivity index (χ0v) is 18.3. The third-order valence-corrected chi connectivity index (χ3v) is 5.32. The van der Waals surface area contributed by atoms with Crippen LogP contribution in [0.4, 0.5) is 17.2 Å². The number of hydrogen-bond donors (Lipinski definition) is 5. The van der Waals surface area contributed by atoms with Gasteiger partial charge < -0.3 is 25.3 Å². The summed E-state index contributed by atoms with van der Waals surface area (Å²) in [6.07, 6.45) is 3.13. The van der Waals surface area contributed by atoms with Crippen molar-refractivity contribution in [2.45, 2.75) is 0 Å². The fourth-order valence-corrected chi connectivity index (χ4v) is 3.64. The molecule has 6 aromatic rings. The number of aromatic amines is 4. The molecule has 0 saturated carbocycles. The van der Waals surface area contributed by atoms with Gasteiger partial charge in [-0.3, -0.25) is 4.79 Å². The molecule has 0 bridgehead atoms. The number of para-hydroxylation sites is 4. The zero-order chi connectivity index (χ0) is 23.6. The first-order chi connectivity index (χ1) is 17.2. The van der Waals surface area contributed by atoms with Gasteiger partial charge in [-0.05, 0) is 48.5 Å². The van der Waals surface area contributed by atoms with Gasteiger partial charge in [0, 0.05) is 0 Å². The Hall–Kier alpha value is -5.25. The van der Waals surface area contributed by atoms with Crippen LogP contribution >= 0.6 is 0 Å². The number of H-pyrrole nitrogens is 4. The fraction of sp³-hybridized carbons (Fsp3) is 0. The lowest BCUT2D eigenvalue weighted by atomic mass is 10.3. The van der Waals surface area contributed by atoms with Gasteiger partial charge in [0.2, 0.25) is 11.2 Å². The summed E-state index contributed by atoms with van der Waals surface area (Å²) in [5.41, 5.74) is 6.58. The molecule has 170 valence electrons. The normalized spacial score (nSPS) is 11.0. The van der Waals surface area contributed by atoms with Crippen LogP contribution in [-0.4, -0.2) is 35.8 Å². The van der Waals surface area contributed by atoms with Crippen LogP contribution in [0.2, 0.25) is 0 Å². The number of carbonyl (C=O) groups excluding carboxylic acids is 1. The second-order valence-electron chi connectivity index (χ2n) is 7.77. The van der Waals surface area contributed by atoms with Crippen LogP contribution in [-0.2, 0) is 0 Å². The number of aromatic nitrogens is 6. The number of anilines is 1. The first-order valence-electron chi connectivity index (χ1n) is 10.9. The van der Waals surface area contributed by atoms with E-state index in [4.69, 9.17) is 0 Å². The number of rotatable bonds is 4. The van der Waals surface area contributed by atoms with E-state index in [9.17, 15) is 4.79 Å². The van der Waals surface area contributed by atoms with Crippen LogP contribution in [0.25, 0.3) is 22.1 Å². The van der Waals surface area contributed by atoms with Gasteiger partial charge in [-0.15, -0.1) is 0 Å². The number of fused-ring (bicyclic) bond motifs is 2. The van der Waals surface area contributed by atoms with Crippen LogP contribution < -0.4 is 16.6 Å². The van der Waals surface area contributed by atoms with Crippen molar-refractivity contribution in [1.82, 2.24) is 29.9 Å². The Kier molecular flexibility index (Phi) is 5.00. The Labute approximate surface area is 197 Å². The van der Waals surface area contributed by atoms with Gasteiger partial charge >= 0.3 is 0 Å². The SMILES string of the molecule is O=C(Nc1ccc(N=c2[nH]c3ccccc3[nH]2)cn1)c1ccc(N=c2[nH]c3ccccc3[nH]2)cn1. The van der Waals surface area contributed by atoms with Crippen LogP contribution in [0.5, 0.6) is 0 Å². The zero-order valence-electron chi connectivity index (χ0n) is 18.3. The van der Waals surface area contributed by atoms with E-state index >= 15 is 0 Å². The average Bonchev–Trinajstić information content (AvgIpc) is 3.48. The summed E-state index contributed by atoms with van der Waals surface area (Å²) in [5, 5.41) is 2.74. The Balaban J connectivity index is 1.15. The highest BCUT2D eigenvalue weighted by Gasteiger charge is 2.08. The number of pyridine rings is 2. The van der Waals surface area contributed by atoms with E-state index in [1.54, 1.807) is 36.7 Å². The molecule has 0 saturated heterocycles. The van der Waals surface area contributed by atoms with E-state index in [1.165, 1.54) is 0 Å². The summed E-state index contributed by atoms with van der Waals surface area (Å²) < 4.78 is 0. The Morgan fingerprint density at radius 1 is 0.629 bits per heavy atom. The van der Waals surface area contributed by atoms with Crippen molar-refractivity contribution in [1.29, 1.82) is 0 Å². The highest BCUT2D eigenvalue weighted by atomic mass is 16.1. The van der Waals surface area contributed by atoms with Gasteiger partial charge in [-0.2, -0.15) is 0 Å². The number of benzene rings is 2. The fourth-order valence-electron chi connectivity index (χ4n) is 3.64. The molecule has 0 aliphatic heterocycles. The second kappa shape index (κ2) is 8.60. The first-order valence-corrected chi connectivity index (χ1v) is 10.9. The van der Waals surface area contributed by atoms with Crippen molar-refractivity contribution >= 4 is 45.2 Å². The quantitative estimate of drug-likeness (QED) is 0.272. The molecule has 5 N–H and O–H groups in total. The molecule has 10 heteroatoms. The van der Waals surface area contributed by atoms with E-state index in [0.29, 0.717) is 28.4 Å². The largest absolute Gasteiger partial charge is 0.324 e. The smallest absolute Gasteiger partial charge is 0.275 e. The summed E-state index contributed by atoms with van der Waals surface area (Å²) in [7, 11) is 0. The molecular formula is C25H19N9O. The highest BCUT2D eigenvalue weighted by Crippen LogP contribution is 2.15. The third-order valence-electron chi connectivity index (χ3n) is 5.32. The molecule has 4 aromatic heterocycles. The van der Waals surface area contributed by atoms with Crippen molar-refractivity contribution in [3.63, 3.8) is 0 Å². The Morgan fingerprint density at radius 3 is 1.54 bits per heavy atom. The predicted octanol–water partition coefficient (Wildman–Crippen LogP) is 3.81. The predicted molar refractivity (Wildman–Crippen MR) is 132 cm³/mol. The minimum absolute atomic E-state index is 0.257. The molecule has 0 radical (unpaired) electrons. The number of amides is 1. The van der Waals surface area contributed by atoms with Gasteiger partial charge in [0.05, 0.1) is 45.8 Å². The lowest BCUT2D eigenvalue weighted by Crippen LogP contribution is -2.14. The number of imidazole rings is 2. The summed E-state index contributed by atoms with van der Waals surface area (Å²) >= 11 is 0. The molecule has 2 aromatic carbocycles. The third kappa shape index (κ3) is 4.35. The molecule has 0 unspecified atom stereocenters. The summed E-state index contributed by atoms with van der Waals surface area (Å²) in [6, 6.07) is 22.5. The molecule has 4 heterocycles. The summed E-state index contributed by atoms with van der Waals surface area (Å²) in [4.78, 5) is 42.9. The molecule has 0 fully saturated rings. The molecule has 0 aliphatic carbocycles. The van der Waals surface area contributed by atoms with Crippen LogP contribution in [0.15, 0.2) is 95.2 Å². The molecule has 0 aliphatic rings. The van der Waals surface area contributed by atoms with E-state index in [-0.39, 0.29) is 11.6 Å². The topological polar surface area (TPSA) is 143 Å². The second-order valence-corrected chi connectivity index (χ2v) is 7.77. The maximum absolute atomic E-state index is 12.6. The number of nitrogens with one attached hydrogen (secondary N) is 5. The molecule has 6 rings (SSSR count). The number of carbonyl (C=O) groups is 1.